The highest BCUT2D eigenvalue weighted by atomic mass is 31.1. The van der Waals surface area contributed by atoms with Crippen LogP contribution in [0.1, 0.15) is 248 Å². The maximum Gasteiger partial charge on any atom is -0.00602 e. The molecule has 1 aromatic rings. The van der Waals surface area contributed by atoms with E-state index in [1.54, 1.807) is 154 Å². The van der Waals surface area contributed by atoms with Gasteiger partial charge in [0.05, 0.1) is 0 Å². The van der Waals surface area contributed by atoms with Crippen molar-refractivity contribution in [3.05, 3.63) is 35.4 Å². The molecule has 0 aromatic heterocycles. The lowest BCUT2D eigenvalue weighted by Gasteiger charge is -2.74. The van der Waals surface area contributed by atoms with Gasteiger partial charge in [0.2, 0.25) is 0 Å². The molecule has 16 aliphatic carbocycles. The van der Waals surface area contributed by atoms with E-state index in [9.17, 15) is 0 Å². The monoisotopic (exact) mass is 931 g/mol. The molecule has 16 fully saturated rings. The van der Waals surface area contributed by atoms with Crippen molar-refractivity contribution in [2.45, 2.75) is 270 Å². The molecule has 2 heteroatoms. The fourth-order valence-electron chi connectivity index (χ4n) is 24.5. The lowest BCUT2D eigenvalue weighted by atomic mass is 9.43. The lowest BCUT2D eigenvalue weighted by molar-refractivity contribution is -0.113. The fraction of sp³-hybridized carbons (Fsp3) is 0.906. The van der Waals surface area contributed by atoms with Gasteiger partial charge in [0, 0.05) is 0 Å². The SMILES string of the molecule is CC(C)(C)C12CC3CC(CC(P(Cc4ccccc4CP(C45CC6CC(C4)CC(C(C)(C)C)(C6)C5)C45CC6CC(C4)CC(C(C)(C)C)(C6)C5)C45CC6CC(C4)CC(C(C)(C)C)(C6)C5)(C3)C1)C2. The van der Waals surface area contributed by atoms with Crippen LogP contribution in [-0.2, 0) is 12.3 Å². The van der Waals surface area contributed by atoms with Crippen LogP contribution in [0.3, 0.4) is 0 Å². The molecule has 0 radical (unpaired) electrons. The first-order valence-corrected chi connectivity index (χ1v) is 32.4. The van der Waals surface area contributed by atoms with Gasteiger partial charge in [-0.2, -0.15) is 0 Å². The second-order valence-electron chi connectivity index (χ2n) is 33.8. The van der Waals surface area contributed by atoms with Crippen LogP contribution in [-0.4, -0.2) is 20.6 Å². The second-order valence-corrected chi connectivity index (χ2v) is 39.9. The quantitative estimate of drug-likeness (QED) is 0.228. The minimum atomic E-state index is -0.179. The third-order valence-corrected chi connectivity index (χ3v) is 34.5. The van der Waals surface area contributed by atoms with Crippen LogP contribution < -0.4 is 0 Å². The Morgan fingerprint density at radius 1 is 0.333 bits per heavy atom. The highest BCUT2D eigenvalue weighted by Gasteiger charge is 2.72. The maximum absolute atomic E-state index is 2.82. The third-order valence-electron chi connectivity index (χ3n) is 26.6. The summed E-state index contributed by atoms with van der Waals surface area (Å²) in [4.78, 5) is 0. The van der Waals surface area contributed by atoms with Crippen LogP contribution >= 0.6 is 15.8 Å². The van der Waals surface area contributed by atoms with E-state index in [1.165, 1.54) is 12.3 Å². The molecule has 0 heterocycles. The first-order chi connectivity index (χ1) is 30.7. The van der Waals surface area contributed by atoms with Crippen molar-refractivity contribution < 1.29 is 0 Å². The summed E-state index contributed by atoms with van der Waals surface area (Å²) in [5, 5.41) is 2.42. The summed E-state index contributed by atoms with van der Waals surface area (Å²) in [6.45, 7) is 32.4. The Morgan fingerprint density at radius 3 is 0.712 bits per heavy atom. The van der Waals surface area contributed by atoms with Gasteiger partial charge in [-0.3, -0.25) is 0 Å². The lowest BCUT2D eigenvalue weighted by Crippen LogP contribution is -2.64. The zero-order valence-corrected chi connectivity index (χ0v) is 47.0. The van der Waals surface area contributed by atoms with Crippen LogP contribution in [0.5, 0.6) is 0 Å². The Bertz CT molecular complexity index is 1780. The maximum atomic E-state index is 2.82. The van der Waals surface area contributed by atoms with Crippen LogP contribution in [0.15, 0.2) is 24.3 Å². The van der Waals surface area contributed by atoms with Gasteiger partial charge in [-0.15, -0.1) is 0 Å². The molecule has 0 aliphatic heterocycles. The van der Waals surface area contributed by atoms with E-state index in [1.807, 2.05) is 11.1 Å². The fourth-order valence-corrected chi connectivity index (χ4v) is 35.0. The summed E-state index contributed by atoms with van der Waals surface area (Å²) >= 11 is 0. The topological polar surface area (TPSA) is 0 Å². The van der Waals surface area contributed by atoms with Crippen LogP contribution in [0.4, 0.5) is 0 Å². The van der Waals surface area contributed by atoms with Crippen molar-refractivity contribution in [2.24, 2.45) is 90.7 Å². The zero-order valence-electron chi connectivity index (χ0n) is 45.2. The first-order valence-electron chi connectivity index (χ1n) is 29.3. The van der Waals surface area contributed by atoms with E-state index < -0.39 is 0 Å². The van der Waals surface area contributed by atoms with Crippen molar-refractivity contribution in [2.75, 3.05) is 0 Å². The van der Waals surface area contributed by atoms with Gasteiger partial charge in [-0.25, -0.2) is 0 Å². The molecule has 66 heavy (non-hydrogen) atoms. The van der Waals surface area contributed by atoms with Gasteiger partial charge >= 0.3 is 0 Å². The Hall–Kier alpha value is 0.0800. The molecule has 0 spiro atoms. The number of benzene rings is 1. The molecule has 0 nitrogen and oxygen atoms in total. The summed E-state index contributed by atoms with van der Waals surface area (Å²) < 4.78 is 0. The minimum absolute atomic E-state index is 0.179. The summed E-state index contributed by atoms with van der Waals surface area (Å²) in [5.41, 5.74) is 7.79. The van der Waals surface area contributed by atoms with Gasteiger partial charge in [0.15, 0.2) is 0 Å². The number of rotatable bonds is 8. The predicted molar refractivity (Wildman–Crippen MR) is 285 cm³/mol. The molecule has 0 saturated heterocycles. The van der Waals surface area contributed by atoms with E-state index >= 15 is 0 Å². The molecule has 8 unspecified atom stereocenters. The molecule has 16 saturated carbocycles. The standard InChI is InChI=1S/C64H100P2/c1-53(2,3)57-21-43-17-44(22-57)30-61(29-43,39-57)65(62-31-45-18-46(32-62)24-58(23-45,40-62)54(4,5)6)37-51-15-13-14-16-52(51)38-66(63-33-47-19-48(34-63)26-59(25-47,41-63)55(7,8)9)64-35-49-20-50(36-64)28-60(27-49,42-64)56(10,11)12/h13-16,43-50H,17-42H2,1-12H3. The average Bonchev–Trinajstić information content (AvgIpc) is 3.15. The average molecular weight is 931 g/mol. The molecule has 16 bridgehead atoms. The van der Waals surface area contributed by atoms with Crippen molar-refractivity contribution >= 4 is 15.8 Å². The number of hydrogen-bond donors (Lipinski definition) is 0. The second kappa shape index (κ2) is 14.0. The minimum Gasteiger partial charge on any atom is -0.0894 e. The van der Waals surface area contributed by atoms with Crippen LogP contribution in [0.25, 0.3) is 0 Å². The highest BCUT2D eigenvalue weighted by molar-refractivity contribution is 7.60. The molecule has 8 atom stereocenters. The first kappa shape index (κ1) is 45.9. The summed E-state index contributed by atoms with van der Waals surface area (Å²) in [6.07, 6.45) is 41.1. The summed E-state index contributed by atoms with van der Waals surface area (Å²) in [7, 11) is -0.357. The smallest absolute Gasteiger partial charge is 0.00602 e. The molecule has 0 amide bonds. The molecule has 16 aliphatic rings. The van der Waals surface area contributed by atoms with E-state index in [4.69, 9.17) is 0 Å². The Labute approximate surface area is 410 Å². The van der Waals surface area contributed by atoms with Crippen LogP contribution in [0, 0.1) is 90.7 Å². The van der Waals surface area contributed by atoms with Gasteiger partial charge in [0.25, 0.3) is 0 Å². The van der Waals surface area contributed by atoms with Gasteiger partial charge in [0.1, 0.15) is 0 Å². The largest absolute Gasteiger partial charge is 0.0894 e. The Morgan fingerprint density at radius 2 is 0.530 bits per heavy atom. The van der Waals surface area contributed by atoms with Gasteiger partial charge in [-0.1, -0.05) is 123 Å². The summed E-state index contributed by atoms with van der Waals surface area (Å²) in [5.74, 6) is 8.01. The molecule has 366 valence electrons. The molecule has 17 rings (SSSR count). The summed E-state index contributed by atoms with van der Waals surface area (Å²) in [6, 6.07) is 10.8. The number of hydrogen-bond acceptors (Lipinski definition) is 0. The molecule has 1 aromatic carbocycles. The Balaban J connectivity index is 0.947. The van der Waals surface area contributed by atoms with Crippen molar-refractivity contribution in [1.29, 1.82) is 0 Å². The van der Waals surface area contributed by atoms with E-state index in [2.05, 4.69) is 107 Å². The molecular weight excluding hydrogens is 831 g/mol. The zero-order chi connectivity index (χ0) is 46.1. The van der Waals surface area contributed by atoms with Gasteiger partial charge in [-0.05, 0) is 289 Å². The van der Waals surface area contributed by atoms with Crippen LogP contribution in [0.2, 0.25) is 0 Å². The van der Waals surface area contributed by atoms with Crippen molar-refractivity contribution in [3.63, 3.8) is 0 Å². The highest BCUT2D eigenvalue weighted by Crippen LogP contribution is 2.87. The van der Waals surface area contributed by atoms with Crippen molar-refractivity contribution in [1.82, 2.24) is 0 Å². The van der Waals surface area contributed by atoms with Crippen molar-refractivity contribution in [3.8, 4) is 0 Å². The Kier molecular flexibility index (Phi) is 9.75. The van der Waals surface area contributed by atoms with E-state index in [0.717, 1.165) is 47.3 Å². The van der Waals surface area contributed by atoms with E-state index in [0.29, 0.717) is 63.9 Å². The molecule has 0 N–H and O–H groups in total. The van der Waals surface area contributed by atoms with Gasteiger partial charge < -0.3 is 0 Å². The normalized spacial score (nSPS) is 51.6. The predicted octanol–water partition coefficient (Wildman–Crippen LogP) is 19.2. The third kappa shape index (κ3) is 6.43. The van der Waals surface area contributed by atoms with E-state index in [-0.39, 0.29) is 15.8 Å². The molecular formula is C64H100P2.